The fourth-order valence-electron chi connectivity index (χ4n) is 3.55. The molecule has 2 aliphatic rings. The molecule has 0 unspecified atom stereocenters. The molecule has 0 spiro atoms. The summed E-state index contributed by atoms with van der Waals surface area (Å²) in [4.78, 5) is 25.4. The fourth-order valence-corrected chi connectivity index (χ4v) is 3.55. The zero-order valence-electron chi connectivity index (χ0n) is 13.1. The van der Waals surface area contributed by atoms with E-state index in [0.717, 1.165) is 24.8 Å². The van der Waals surface area contributed by atoms with E-state index < -0.39 is 11.9 Å². The number of rotatable bonds is 6. The minimum Gasteiger partial charge on any atom is -0.481 e. The van der Waals surface area contributed by atoms with Crippen LogP contribution >= 0.6 is 0 Å². The molecule has 124 valence electrons. The fraction of sp³-hybridized carbons (Fsp3) is 0.556. The summed E-state index contributed by atoms with van der Waals surface area (Å²) in [6, 6.07) is 6.32. The largest absolute Gasteiger partial charge is 0.481 e. The van der Waals surface area contributed by atoms with Crippen molar-refractivity contribution in [2.75, 3.05) is 13.1 Å². The number of carboxylic acids is 1. The van der Waals surface area contributed by atoms with Crippen LogP contribution in [0, 0.1) is 23.6 Å². The Morgan fingerprint density at radius 2 is 1.87 bits per heavy atom. The van der Waals surface area contributed by atoms with Crippen molar-refractivity contribution in [3.63, 3.8) is 0 Å². The lowest BCUT2D eigenvalue weighted by Gasteiger charge is -2.16. The number of carbonyl (C=O) groups excluding carboxylic acids is 1. The third-order valence-electron chi connectivity index (χ3n) is 5.03. The normalized spacial score (nSPS) is 24.0. The van der Waals surface area contributed by atoms with Gasteiger partial charge in [-0.25, -0.2) is 4.39 Å². The maximum Gasteiger partial charge on any atom is 0.308 e. The molecule has 23 heavy (non-hydrogen) atoms. The summed E-state index contributed by atoms with van der Waals surface area (Å²) < 4.78 is 12.8. The van der Waals surface area contributed by atoms with E-state index in [1.54, 1.807) is 17.0 Å². The number of carbonyl (C=O) groups is 2. The number of nitrogens with zero attached hydrogens (tertiary/aromatic N) is 1. The molecule has 1 heterocycles. The third-order valence-corrected chi connectivity index (χ3v) is 5.03. The molecule has 0 radical (unpaired) electrons. The lowest BCUT2D eigenvalue weighted by molar-refractivity contribution is -0.142. The Balaban J connectivity index is 1.48. The molecule has 5 heteroatoms. The molecule has 0 aromatic heterocycles. The van der Waals surface area contributed by atoms with Gasteiger partial charge in [0, 0.05) is 19.5 Å². The average molecular weight is 319 g/mol. The van der Waals surface area contributed by atoms with Gasteiger partial charge in [0.15, 0.2) is 0 Å². The third kappa shape index (κ3) is 3.89. The summed E-state index contributed by atoms with van der Waals surface area (Å²) in [5.74, 6) is -0.761. The molecular formula is C18H22FNO3. The van der Waals surface area contributed by atoms with Gasteiger partial charge < -0.3 is 10.0 Å². The molecule has 1 aromatic carbocycles. The van der Waals surface area contributed by atoms with Gasteiger partial charge in [-0.1, -0.05) is 12.1 Å². The first-order chi connectivity index (χ1) is 11.0. The summed E-state index contributed by atoms with van der Waals surface area (Å²) in [6.45, 7) is 0.947. The molecule has 1 amide bonds. The highest BCUT2D eigenvalue weighted by molar-refractivity contribution is 5.79. The van der Waals surface area contributed by atoms with Crippen molar-refractivity contribution in [2.24, 2.45) is 17.8 Å². The minimum atomic E-state index is -0.775. The predicted molar refractivity (Wildman–Crippen MR) is 83.3 cm³/mol. The SMILES string of the molecule is O=C(O)[C@@H]1CN(C(=O)CCCc2ccc(F)cc2)C[C@H]1C1CC1. The quantitative estimate of drug-likeness (QED) is 0.877. The Morgan fingerprint density at radius 3 is 2.48 bits per heavy atom. The minimum absolute atomic E-state index is 0.0431. The summed E-state index contributed by atoms with van der Waals surface area (Å²) in [5, 5.41) is 9.34. The second kappa shape index (κ2) is 6.69. The molecule has 2 atom stereocenters. The molecule has 0 bridgehead atoms. The van der Waals surface area contributed by atoms with Gasteiger partial charge in [-0.3, -0.25) is 9.59 Å². The molecule has 1 aliphatic carbocycles. The van der Waals surface area contributed by atoms with Crippen molar-refractivity contribution in [1.29, 1.82) is 0 Å². The molecule has 1 N–H and O–H groups in total. The van der Waals surface area contributed by atoms with Crippen LogP contribution in [-0.2, 0) is 16.0 Å². The number of aliphatic carboxylic acids is 1. The first-order valence-corrected chi connectivity index (χ1v) is 8.29. The number of hydrogen-bond acceptors (Lipinski definition) is 2. The van der Waals surface area contributed by atoms with E-state index in [1.807, 2.05) is 0 Å². The van der Waals surface area contributed by atoms with E-state index in [4.69, 9.17) is 0 Å². The zero-order valence-corrected chi connectivity index (χ0v) is 13.1. The zero-order chi connectivity index (χ0) is 16.4. The van der Waals surface area contributed by atoms with Crippen LogP contribution in [0.4, 0.5) is 4.39 Å². The van der Waals surface area contributed by atoms with Crippen LogP contribution in [0.5, 0.6) is 0 Å². The van der Waals surface area contributed by atoms with Gasteiger partial charge in [0.2, 0.25) is 5.91 Å². The van der Waals surface area contributed by atoms with E-state index in [9.17, 15) is 19.1 Å². The molecule has 2 fully saturated rings. The Kier molecular flexibility index (Phi) is 4.64. The second-order valence-electron chi connectivity index (χ2n) is 6.72. The predicted octanol–water partition coefficient (Wildman–Crippen LogP) is 2.72. The number of amides is 1. The highest BCUT2D eigenvalue weighted by Gasteiger charge is 2.46. The van der Waals surface area contributed by atoms with Crippen LogP contribution in [0.15, 0.2) is 24.3 Å². The van der Waals surface area contributed by atoms with Crippen LogP contribution in [0.3, 0.4) is 0 Å². The van der Waals surface area contributed by atoms with Crippen molar-refractivity contribution in [3.8, 4) is 0 Å². The molecular weight excluding hydrogens is 297 g/mol. The maximum atomic E-state index is 12.8. The van der Waals surface area contributed by atoms with E-state index >= 15 is 0 Å². The highest BCUT2D eigenvalue weighted by Crippen LogP contribution is 2.44. The van der Waals surface area contributed by atoms with Gasteiger partial charge in [-0.05, 0) is 55.2 Å². The maximum absolute atomic E-state index is 12.8. The number of likely N-dealkylation sites (tertiary alicyclic amines) is 1. The lowest BCUT2D eigenvalue weighted by Crippen LogP contribution is -2.29. The molecule has 3 rings (SSSR count). The van der Waals surface area contributed by atoms with E-state index in [2.05, 4.69) is 0 Å². The van der Waals surface area contributed by atoms with Gasteiger partial charge in [0.25, 0.3) is 0 Å². The average Bonchev–Trinajstić information content (AvgIpc) is 3.27. The van der Waals surface area contributed by atoms with Crippen LogP contribution in [0.2, 0.25) is 0 Å². The number of benzene rings is 1. The molecule has 4 nitrogen and oxygen atoms in total. The topological polar surface area (TPSA) is 57.6 Å². The Labute approximate surface area is 135 Å². The molecule has 1 saturated heterocycles. The van der Waals surface area contributed by atoms with Gasteiger partial charge in [-0.15, -0.1) is 0 Å². The van der Waals surface area contributed by atoms with Gasteiger partial charge in [0.05, 0.1) is 5.92 Å². The summed E-state index contributed by atoms with van der Waals surface area (Å²) in [5.41, 5.74) is 1.01. The number of carboxylic acid groups (broad SMARTS) is 1. The second-order valence-corrected chi connectivity index (χ2v) is 6.72. The van der Waals surface area contributed by atoms with Crippen LogP contribution < -0.4 is 0 Å². The number of aryl methyl sites for hydroxylation is 1. The van der Waals surface area contributed by atoms with Crippen LogP contribution in [0.25, 0.3) is 0 Å². The summed E-state index contributed by atoms with van der Waals surface area (Å²) >= 11 is 0. The first kappa shape index (κ1) is 16.0. The highest BCUT2D eigenvalue weighted by atomic mass is 19.1. The van der Waals surface area contributed by atoms with Crippen molar-refractivity contribution >= 4 is 11.9 Å². The Bertz CT molecular complexity index is 582. The van der Waals surface area contributed by atoms with Crippen molar-refractivity contribution in [2.45, 2.75) is 32.1 Å². The monoisotopic (exact) mass is 319 g/mol. The van der Waals surface area contributed by atoms with E-state index in [1.165, 1.54) is 12.1 Å². The van der Waals surface area contributed by atoms with Crippen LogP contribution in [0.1, 0.15) is 31.2 Å². The van der Waals surface area contributed by atoms with Gasteiger partial charge in [0.1, 0.15) is 5.82 Å². The lowest BCUT2D eigenvalue weighted by atomic mass is 9.92. The Hall–Kier alpha value is -1.91. The van der Waals surface area contributed by atoms with Crippen LogP contribution in [-0.4, -0.2) is 35.0 Å². The molecule has 1 aromatic rings. The smallest absolute Gasteiger partial charge is 0.308 e. The summed E-state index contributed by atoms with van der Waals surface area (Å²) in [7, 11) is 0. The molecule has 1 aliphatic heterocycles. The standard InChI is InChI=1S/C18H22FNO3/c19-14-8-4-12(5-9-14)2-1-3-17(21)20-10-15(13-6-7-13)16(11-20)18(22)23/h4-5,8-9,13,15-16H,1-3,6-7,10-11H2,(H,22,23)/t15-,16+/m0/s1. The van der Waals surface area contributed by atoms with Crippen molar-refractivity contribution in [3.05, 3.63) is 35.6 Å². The number of halogens is 1. The first-order valence-electron chi connectivity index (χ1n) is 8.29. The van der Waals surface area contributed by atoms with Crippen molar-refractivity contribution < 1.29 is 19.1 Å². The Morgan fingerprint density at radius 1 is 1.17 bits per heavy atom. The van der Waals surface area contributed by atoms with Crippen molar-refractivity contribution in [1.82, 2.24) is 4.90 Å². The van der Waals surface area contributed by atoms with Gasteiger partial charge in [-0.2, -0.15) is 0 Å². The molecule has 1 saturated carbocycles. The van der Waals surface area contributed by atoms with E-state index in [0.29, 0.717) is 31.8 Å². The van der Waals surface area contributed by atoms with Gasteiger partial charge >= 0.3 is 5.97 Å². The number of hydrogen-bond donors (Lipinski definition) is 1. The van der Waals surface area contributed by atoms with E-state index in [-0.39, 0.29) is 17.6 Å². The summed E-state index contributed by atoms with van der Waals surface area (Å²) in [6.07, 6.45) is 4.05.